The van der Waals surface area contributed by atoms with Crippen LogP contribution in [0.25, 0.3) is 0 Å². The average molecular weight is 462 g/mol. The number of halogens is 2. The summed E-state index contributed by atoms with van der Waals surface area (Å²) in [5, 5.41) is 2.91. The molecule has 7 nitrogen and oxygen atoms in total. The van der Waals surface area contributed by atoms with Crippen molar-refractivity contribution in [2.45, 2.75) is 4.90 Å². The van der Waals surface area contributed by atoms with Gasteiger partial charge in [0.25, 0.3) is 15.9 Å². The monoisotopic (exact) mass is 460 g/mol. The van der Waals surface area contributed by atoms with Crippen LogP contribution in [-0.4, -0.2) is 34.6 Å². The molecule has 0 saturated heterocycles. The number of benzene rings is 2. The van der Waals surface area contributed by atoms with E-state index in [0.29, 0.717) is 10.2 Å². The zero-order chi connectivity index (χ0) is 18.9. The lowest BCUT2D eigenvalue weighted by atomic mass is 10.2. The minimum atomic E-state index is -4.04. The Kier molecular flexibility index (Phi) is 5.31. The second kappa shape index (κ2) is 7.34. The van der Waals surface area contributed by atoms with Crippen molar-refractivity contribution >= 4 is 49.1 Å². The summed E-state index contributed by atoms with van der Waals surface area (Å²) in [6.45, 7) is 0.448. The first-order valence-electron chi connectivity index (χ1n) is 7.43. The molecule has 0 fully saturated rings. The minimum Gasteiger partial charge on any atom is -0.495 e. The third kappa shape index (κ3) is 3.74. The highest BCUT2D eigenvalue weighted by molar-refractivity contribution is 9.10. The maximum absolute atomic E-state index is 12.9. The molecule has 3 rings (SSSR count). The summed E-state index contributed by atoms with van der Waals surface area (Å²) in [4.78, 5) is 12.0. The van der Waals surface area contributed by atoms with Crippen molar-refractivity contribution in [2.75, 3.05) is 25.0 Å². The van der Waals surface area contributed by atoms with E-state index in [2.05, 4.69) is 26.0 Å². The summed E-state index contributed by atoms with van der Waals surface area (Å²) in [7, 11) is -2.58. The van der Waals surface area contributed by atoms with Crippen molar-refractivity contribution in [3.63, 3.8) is 0 Å². The molecule has 1 aliphatic heterocycles. The van der Waals surface area contributed by atoms with Crippen LogP contribution in [0.4, 0.5) is 5.69 Å². The van der Waals surface area contributed by atoms with E-state index in [1.165, 1.54) is 31.4 Å². The molecule has 0 atom stereocenters. The standard InChI is InChI=1S/C16H14BrClN2O5S/c1-24-13-3-2-10(8-12(13)18)20-26(22,23)14-7-9(17)6-11-15(14)25-5-4-19-16(11)21/h2-3,6-8,20H,4-5H2,1H3,(H,19,21). The Balaban J connectivity index is 2.05. The number of carbonyl (C=O) groups is 1. The molecule has 0 aromatic heterocycles. The van der Waals surface area contributed by atoms with E-state index in [1.54, 1.807) is 6.07 Å². The lowest BCUT2D eigenvalue weighted by Crippen LogP contribution is -2.24. The number of sulfonamides is 1. The van der Waals surface area contributed by atoms with Gasteiger partial charge in [0.2, 0.25) is 0 Å². The molecule has 2 N–H and O–H groups in total. The van der Waals surface area contributed by atoms with Crippen LogP contribution >= 0.6 is 27.5 Å². The maximum Gasteiger partial charge on any atom is 0.265 e. The fraction of sp³-hybridized carbons (Fsp3) is 0.188. The number of methoxy groups -OCH3 is 1. The van der Waals surface area contributed by atoms with Gasteiger partial charge < -0.3 is 14.8 Å². The lowest BCUT2D eigenvalue weighted by molar-refractivity contribution is 0.0957. The summed E-state index contributed by atoms with van der Waals surface area (Å²) in [5.41, 5.74) is 0.396. The van der Waals surface area contributed by atoms with Gasteiger partial charge >= 0.3 is 0 Å². The largest absolute Gasteiger partial charge is 0.495 e. The van der Waals surface area contributed by atoms with Gasteiger partial charge in [0.15, 0.2) is 5.75 Å². The first-order valence-corrected chi connectivity index (χ1v) is 10.1. The second-order valence-electron chi connectivity index (χ2n) is 5.34. The topological polar surface area (TPSA) is 93.7 Å². The van der Waals surface area contributed by atoms with Crippen LogP contribution in [0.1, 0.15) is 10.4 Å². The fourth-order valence-corrected chi connectivity index (χ4v) is 4.55. The van der Waals surface area contributed by atoms with Crippen molar-refractivity contribution in [1.29, 1.82) is 0 Å². The zero-order valence-corrected chi connectivity index (χ0v) is 16.7. The normalized spacial score (nSPS) is 13.9. The van der Waals surface area contributed by atoms with Gasteiger partial charge in [0.1, 0.15) is 17.3 Å². The van der Waals surface area contributed by atoms with E-state index in [9.17, 15) is 13.2 Å². The molecule has 2 aromatic carbocycles. The number of amides is 1. The molecule has 1 aliphatic rings. The number of fused-ring (bicyclic) bond motifs is 1. The van der Waals surface area contributed by atoms with E-state index in [-0.39, 0.29) is 40.1 Å². The molecule has 0 saturated carbocycles. The molecule has 26 heavy (non-hydrogen) atoms. The minimum absolute atomic E-state index is 0.00955. The molecule has 0 aliphatic carbocycles. The number of anilines is 1. The van der Waals surface area contributed by atoms with Crippen molar-refractivity contribution in [3.8, 4) is 11.5 Å². The van der Waals surface area contributed by atoms with E-state index in [4.69, 9.17) is 21.1 Å². The summed E-state index contributed by atoms with van der Waals surface area (Å²) >= 11 is 9.28. The highest BCUT2D eigenvalue weighted by Gasteiger charge is 2.28. The molecule has 0 bridgehead atoms. The lowest BCUT2D eigenvalue weighted by Gasteiger charge is -2.15. The Morgan fingerprint density at radius 2 is 2.08 bits per heavy atom. The summed E-state index contributed by atoms with van der Waals surface area (Å²) < 4.78 is 39.2. The van der Waals surface area contributed by atoms with E-state index in [0.717, 1.165) is 0 Å². The van der Waals surface area contributed by atoms with Gasteiger partial charge in [-0.3, -0.25) is 9.52 Å². The molecule has 0 radical (unpaired) electrons. The SMILES string of the molecule is COc1ccc(NS(=O)(=O)c2cc(Br)cc3c2OCCNC3=O)cc1Cl. The smallest absolute Gasteiger partial charge is 0.265 e. The summed E-state index contributed by atoms with van der Waals surface area (Å²) in [6.07, 6.45) is 0. The molecule has 1 amide bonds. The van der Waals surface area contributed by atoms with Crippen LogP contribution in [0.2, 0.25) is 5.02 Å². The van der Waals surface area contributed by atoms with Crippen LogP contribution in [0.3, 0.4) is 0 Å². The van der Waals surface area contributed by atoms with Crippen molar-refractivity contribution in [2.24, 2.45) is 0 Å². The van der Waals surface area contributed by atoms with Crippen LogP contribution in [-0.2, 0) is 10.0 Å². The van der Waals surface area contributed by atoms with E-state index >= 15 is 0 Å². The van der Waals surface area contributed by atoms with Gasteiger partial charge in [0.05, 0.1) is 29.9 Å². The number of nitrogens with one attached hydrogen (secondary N) is 2. The van der Waals surface area contributed by atoms with E-state index in [1.807, 2.05) is 0 Å². The fourth-order valence-electron chi connectivity index (χ4n) is 2.44. The number of rotatable bonds is 4. The van der Waals surface area contributed by atoms with Gasteiger partial charge in [-0.25, -0.2) is 8.42 Å². The zero-order valence-electron chi connectivity index (χ0n) is 13.5. The van der Waals surface area contributed by atoms with Gasteiger partial charge in [-0.15, -0.1) is 0 Å². The van der Waals surface area contributed by atoms with Crippen molar-refractivity contribution in [3.05, 3.63) is 45.4 Å². The molecule has 10 heteroatoms. The van der Waals surface area contributed by atoms with Gasteiger partial charge in [-0.05, 0) is 30.3 Å². The van der Waals surface area contributed by atoms with Crippen LogP contribution in [0.15, 0.2) is 39.7 Å². The Hall–Kier alpha value is -1.97. The van der Waals surface area contributed by atoms with Crippen molar-refractivity contribution in [1.82, 2.24) is 5.32 Å². The Labute approximate surface area is 163 Å². The Bertz CT molecular complexity index is 981. The van der Waals surface area contributed by atoms with Crippen LogP contribution in [0.5, 0.6) is 11.5 Å². The average Bonchev–Trinajstić information content (AvgIpc) is 2.76. The summed E-state index contributed by atoms with van der Waals surface area (Å²) in [5.74, 6) is 0.0315. The quantitative estimate of drug-likeness (QED) is 0.730. The molecule has 0 spiro atoms. The first-order chi connectivity index (χ1) is 12.3. The number of hydrogen-bond acceptors (Lipinski definition) is 5. The number of ether oxygens (including phenoxy) is 2. The molecule has 1 heterocycles. The number of carbonyl (C=O) groups excluding carboxylic acids is 1. The molecular weight excluding hydrogens is 448 g/mol. The molecule has 138 valence electrons. The predicted octanol–water partition coefficient (Wildman–Crippen LogP) is 3.03. The van der Waals surface area contributed by atoms with Gasteiger partial charge in [0, 0.05) is 4.47 Å². The highest BCUT2D eigenvalue weighted by Crippen LogP contribution is 2.35. The number of hydrogen-bond donors (Lipinski definition) is 2. The van der Waals surface area contributed by atoms with Crippen LogP contribution < -0.4 is 19.5 Å². The summed E-state index contributed by atoms with van der Waals surface area (Å²) in [6, 6.07) is 7.39. The van der Waals surface area contributed by atoms with Gasteiger partial charge in [-0.2, -0.15) is 0 Å². The molecule has 2 aromatic rings. The van der Waals surface area contributed by atoms with E-state index < -0.39 is 15.9 Å². The third-order valence-corrected chi connectivity index (χ3v) is 5.73. The molecule has 0 unspecified atom stereocenters. The highest BCUT2D eigenvalue weighted by atomic mass is 79.9. The molecular formula is C16H14BrClN2O5S. The van der Waals surface area contributed by atoms with Gasteiger partial charge in [-0.1, -0.05) is 27.5 Å². The Morgan fingerprint density at radius 3 is 2.77 bits per heavy atom. The first kappa shape index (κ1) is 18.8. The second-order valence-corrected chi connectivity index (χ2v) is 8.31. The predicted molar refractivity (Wildman–Crippen MR) is 101 cm³/mol. The third-order valence-electron chi connectivity index (χ3n) is 3.59. The van der Waals surface area contributed by atoms with Crippen molar-refractivity contribution < 1.29 is 22.7 Å². The Morgan fingerprint density at radius 1 is 1.31 bits per heavy atom. The van der Waals surface area contributed by atoms with Crippen LogP contribution in [0, 0.1) is 0 Å². The maximum atomic E-state index is 12.9.